The van der Waals surface area contributed by atoms with Crippen molar-refractivity contribution in [1.29, 1.82) is 0 Å². The Balaban J connectivity index is 1.41. The molecule has 8 nitrogen and oxygen atoms in total. The van der Waals surface area contributed by atoms with Crippen LogP contribution in [-0.2, 0) is 33.0 Å². The summed E-state index contributed by atoms with van der Waals surface area (Å²) in [7, 11) is -7.57. The lowest BCUT2D eigenvalue weighted by Crippen LogP contribution is -2.25. The largest absolute Gasteiger partial charge is 0.445 e. The lowest BCUT2D eigenvalue weighted by Gasteiger charge is -2.15. The lowest BCUT2D eigenvalue weighted by atomic mass is 10.2. The Kier molecular flexibility index (Phi) is 4.92. The Hall–Kier alpha value is -3.34. The van der Waals surface area contributed by atoms with Crippen molar-refractivity contribution in [2.45, 2.75) is 27.9 Å². The molecule has 1 aliphatic heterocycles. The Morgan fingerprint density at radius 1 is 0.812 bits per heavy atom. The van der Waals surface area contributed by atoms with E-state index >= 15 is 0 Å². The molecule has 0 atom stereocenters. The molecule has 0 bridgehead atoms. The molecule has 2 aromatic carbocycles. The summed E-state index contributed by atoms with van der Waals surface area (Å²) in [4.78, 5) is 8.42. The second kappa shape index (κ2) is 7.66. The molecule has 10 heteroatoms. The molecular weight excluding hydrogens is 450 g/mol. The van der Waals surface area contributed by atoms with Gasteiger partial charge in [-0.1, -0.05) is 18.2 Å². The van der Waals surface area contributed by atoms with Gasteiger partial charge in [-0.3, -0.25) is 0 Å². The summed E-state index contributed by atoms with van der Waals surface area (Å²) in [5.74, 6) is 0.403. The van der Waals surface area contributed by atoms with Gasteiger partial charge in [0.15, 0.2) is 5.03 Å². The number of oxazole rings is 1. The highest BCUT2D eigenvalue weighted by atomic mass is 32.2. The number of benzene rings is 2. The maximum atomic E-state index is 13.2. The molecule has 0 N–H and O–H groups in total. The quantitative estimate of drug-likeness (QED) is 0.443. The number of sulfone groups is 1. The summed E-state index contributed by atoms with van der Waals surface area (Å²) in [6.07, 6.45) is 4.40. The third-order valence-corrected chi connectivity index (χ3v) is 8.72. The van der Waals surface area contributed by atoms with Crippen molar-refractivity contribution in [3.05, 3.63) is 90.4 Å². The third-order valence-electron chi connectivity index (χ3n) is 5.25. The predicted octanol–water partition coefficient (Wildman–Crippen LogP) is 3.27. The first kappa shape index (κ1) is 20.6. The van der Waals surface area contributed by atoms with Crippen molar-refractivity contribution in [3.63, 3.8) is 0 Å². The van der Waals surface area contributed by atoms with E-state index in [1.54, 1.807) is 30.3 Å². The van der Waals surface area contributed by atoms with Crippen molar-refractivity contribution in [1.82, 2.24) is 14.3 Å². The highest BCUT2D eigenvalue weighted by molar-refractivity contribution is 7.91. The van der Waals surface area contributed by atoms with Gasteiger partial charge in [0.2, 0.25) is 25.8 Å². The van der Waals surface area contributed by atoms with E-state index in [0.717, 1.165) is 0 Å². The fraction of sp³-hybridized carbons (Fsp3) is 0.0909. The third kappa shape index (κ3) is 3.52. The molecular formula is C22H17N3O5S2. The first-order valence-electron chi connectivity index (χ1n) is 9.64. The average Bonchev–Trinajstić information content (AvgIpc) is 3.50. The maximum absolute atomic E-state index is 13.2. The molecule has 3 heterocycles. The van der Waals surface area contributed by atoms with E-state index in [2.05, 4.69) is 9.97 Å². The van der Waals surface area contributed by atoms with Crippen LogP contribution in [0, 0.1) is 0 Å². The smallest absolute Gasteiger partial charge is 0.243 e. The maximum Gasteiger partial charge on any atom is 0.243 e. The zero-order valence-corrected chi connectivity index (χ0v) is 18.3. The zero-order valence-electron chi connectivity index (χ0n) is 16.6. The molecule has 5 rings (SSSR count). The zero-order chi connectivity index (χ0) is 22.3. The van der Waals surface area contributed by atoms with Gasteiger partial charge in [-0.25, -0.2) is 26.8 Å². The standard InChI is InChI=1S/C22H17N3O5S2/c26-31(27,19-4-2-1-3-5-19)21-12-17-14-25(15-18(17)13-24-21)32(28,29)20-8-6-16(7-9-20)22-23-10-11-30-22/h1-13H,14-15H2. The molecule has 0 saturated heterocycles. The first-order valence-corrected chi connectivity index (χ1v) is 12.6. The molecule has 0 unspecified atom stereocenters. The number of aromatic nitrogens is 2. The first-order chi connectivity index (χ1) is 15.4. The van der Waals surface area contributed by atoms with Crippen LogP contribution in [0.4, 0.5) is 0 Å². The lowest BCUT2D eigenvalue weighted by molar-refractivity contribution is 0.431. The predicted molar refractivity (Wildman–Crippen MR) is 115 cm³/mol. The van der Waals surface area contributed by atoms with Crippen LogP contribution < -0.4 is 0 Å². The molecule has 1 aliphatic rings. The van der Waals surface area contributed by atoms with Gasteiger partial charge >= 0.3 is 0 Å². The van der Waals surface area contributed by atoms with Crippen LogP contribution in [0.2, 0.25) is 0 Å². The van der Waals surface area contributed by atoms with E-state index in [0.29, 0.717) is 22.6 Å². The van der Waals surface area contributed by atoms with Gasteiger partial charge in [-0.2, -0.15) is 4.31 Å². The van der Waals surface area contributed by atoms with Crippen LogP contribution in [-0.4, -0.2) is 31.1 Å². The Morgan fingerprint density at radius 3 is 2.22 bits per heavy atom. The normalized spacial score (nSPS) is 14.4. The molecule has 162 valence electrons. The minimum atomic E-state index is -3.79. The highest BCUT2D eigenvalue weighted by Crippen LogP contribution is 2.31. The summed E-state index contributed by atoms with van der Waals surface area (Å²) in [6, 6.07) is 15.7. The minimum Gasteiger partial charge on any atom is -0.445 e. The summed E-state index contributed by atoms with van der Waals surface area (Å²) in [5.41, 5.74) is 1.96. The molecule has 0 saturated carbocycles. The molecule has 32 heavy (non-hydrogen) atoms. The van der Waals surface area contributed by atoms with Crippen LogP contribution >= 0.6 is 0 Å². The number of rotatable bonds is 5. The van der Waals surface area contributed by atoms with Gasteiger partial charge in [0.05, 0.1) is 16.0 Å². The van der Waals surface area contributed by atoms with E-state index < -0.39 is 19.9 Å². The number of hydrogen-bond acceptors (Lipinski definition) is 7. The van der Waals surface area contributed by atoms with Crippen LogP contribution in [0.15, 0.2) is 98.6 Å². The van der Waals surface area contributed by atoms with E-state index in [4.69, 9.17) is 4.42 Å². The monoisotopic (exact) mass is 467 g/mol. The molecule has 0 fully saturated rings. The van der Waals surface area contributed by atoms with Crippen molar-refractivity contribution in [2.75, 3.05) is 0 Å². The van der Waals surface area contributed by atoms with Crippen LogP contribution in [0.25, 0.3) is 11.5 Å². The molecule has 2 aromatic heterocycles. The fourth-order valence-electron chi connectivity index (χ4n) is 3.55. The van der Waals surface area contributed by atoms with Crippen molar-refractivity contribution in [2.24, 2.45) is 0 Å². The molecule has 4 aromatic rings. The Bertz CT molecular complexity index is 1480. The second-order valence-corrected chi connectivity index (χ2v) is 11.1. The molecule has 0 amide bonds. The van der Waals surface area contributed by atoms with Gasteiger partial charge in [0.1, 0.15) is 6.26 Å². The van der Waals surface area contributed by atoms with Gasteiger partial charge < -0.3 is 4.42 Å². The Morgan fingerprint density at radius 2 is 1.53 bits per heavy atom. The second-order valence-electron chi connectivity index (χ2n) is 7.24. The minimum absolute atomic E-state index is 0.0684. The number of sulfonamides is 1. The highest BCUT2D eigenvalue weighted by Gasteiger charge is 2.32. The SMILES string of the molecule is O=S(=O)(c1ccccc1)c1cc2c(cn1)CN(S(=O)(=O)c1ccc(-c3ncco3)cc1)C2. The van der Waals surface area contributed by atoms with E-state index in [-0.39, 0.29) is 27.9 Å². The molecule has 0 spiro atoms. The van der Waals surface area contributed by atoms with Gasteiger partial charge in [0.25, 0.3) is 0 Å². The van der Waals surface area contributed by atoms with Crippen LogP contribution in [0.3, 0.4) is 0 Å². The number of hydrogen-bond donors (Lipinski definition) is 0. The van der Waals surface area contributed by atoms with Crippen molar-refractivity contribution >= 4 is 19.9 Å². The fourth-order valence-corrected chi connectivity index (χ4v) is 6.19. The van der Waals surface area contributed by atoms with E-state index in [9.17, 15) is 16.8 Å². The summed E-state index contributed by atoms with van der Waals surface area (Å²) < 4.78 is 58.6. The van der Waals surface area contributed by atoms with Gasteiger partial charge in [-0.05, 0) is 53.6 Å². The van der Waals surface area contributed by atoms with E-state index in [1.807, 2.05) is 0 Å². The average molecular weight is 468 g/mol. The molecule has 0 radical (unpaired) electrons. The van der Waals surface area contributed by atoms with Crippen molar-refractivity contribution in [3.8, 4) is 11.5 Å². The number of nitrogens with zero attached hydrogens (tertiary/aromatic N) is 3. The topological polar surface area (TPSA) is 110 Å². The Labute approximate surface area is 185 Å². The van der Waals surface area contributed by atoms with Crippen LogP contribution in [0.5, 0.6) is 0 Å². The van der Waals surface area contributed by atoms with Crippen LogP contribution in [0.1, 0.15) is 11.1 Å². The van der Waals surface area contributed by atoms with Crippen molar-refractivity contribution < 1.29 is 21.3 Å². The van der Waals surface area contributed by atoms with Gasteiger partial charge in [0, 0.05) is 24.8 Å². The molecule has 0 aliphatic carbocycles. The summed E-state index contributed by atoms with van der Waals surface area (Å²) in [5, 5.41) is -0.100. The number of pyridine rings is 1. The van der Waals surface area contributed by atoms with Gasteiger partial charge in [-0.15, -0.1) is 0 Å². The summed E-state index contributed by atoms with van der Waals surface area (Å²) >= 11 is 0. The number of fused-ring (bicyclic) bond motifs is 1. The van der Waals surface area contributed by atoms with E-state index in [1.165, 1.54) is 53.3 Å². The summed E-state index contributed by atoms with van der Waals surface area (Å²) in [6.45, 7) is 0.191.